The van der Waals surface area contributed by atoms with Crippen molar-refractivity contribution >= 4 is 93.5 Å². The van der Waals surface area contributed by atoms with Gasteiger partial charge in [0.2, 0.25) is 0 Å². The summed E-state index contributed by atoms with van der Waals surface area (Å²) in [7, 11) is 0. The fraction of sp³-hybridized carbons (Fsp3) is 0. The second-order valence-electron chi connectivity index (χ2n) is 12.9. The lowest BCUT2D eigenvalue weighted by Gasteiger charge is -2.26. The van der Waals surface area contributed by atoms with E-state index in [9.17, 15) is 0 Å². The fourth-order valence-electron chi connectivity index (χ4n) is 7.99. The van der Waals surface area contributed by atoms with Gasteiger partial charge in [-0.15, -0.1) is 0 Å². The third-order valence-corrected chi connectivity index (χ3v) is 10.2. The van der Waals surface area contributed by atoms with Crippen LogP contribution in [0, 0.1) is 0 Å². The molecule has 0 unspecified atom stereocenters. The van der Waals surface area contributed by atoms with Gasteiger partial charge in [-0.25, -0.2) is 0 Å². The topological polar surface area (TPSA) is 34.5 Å². The van der Waals surface area contributed by atoms with Crippen molar-refractivity contribution in [3.05, 3.63) is 170 Å². The van der Waals surface area contributed by atoms with Crippen molar-refractivity contribution in [1.29, 1.82) is 0 Å². The average Bonchev–Trinajstić information content (AvgIpc) is 3.86. The first-order chi connectivity index (χ1) is 24.8. The van der Waals surface area contributed by atoms with Gasteiger partial charge in [-0.2, -0.15) is 0 Å². The van der Waals surface area contributed by atoms with Gasteiger partial charge in [0.1, 0.15) is 16.7 Å². The molecular weight excluding hydrogens is 613 g/mol. The highest BCUT2D eigenvalue weighted by atomic mass is 16.3. The third-order valence-electron chi connectivity index (χ3n) is 10.2. The van der Waals surface area contributed by atoms with E-state index in [0.717, 1.165) is 82.9 Å². The molecule has 0 atom stereocenters. The van der Waals surface area contributed by atoms with Crippen LogP contribution in [0.15, 0.2) is 179 Å². The van der Waals surface area contributed by atoms with Crippen LogP contribution in [0.4, 0.5) is 17.1 Å². The highest BCUT2D eigenvalue weighted by molar-refractivity contribution is 6.21. The molecule has 8 aromatic carbocycles. The predicted octanol–water partition coefficient (Wildman–Crippen LogP) is 13.2. The fourth-order valence-corrected chi connectivity index (χ4v) is 7.99. The quantitative estimate of drug-likeness (QED) is 0.192. The predicted molar refractivity (Wildman–Crippen MR) is 208 cm³/mol. The van der Waals surface area contributed by atoms with E-state index in [4.69, 9.17) is 8.83 Å². The second kappa shape index (κ2) is 10.4. The molecule has 11 aromatic rings. The molecule has 0 aliphatic rings. The number of fused-ring (bicyclic) bond motifs is 11. The maximum atomic E-state index is 6.70. The van der Waals surface area contributed by atoms with Crippen LogP contribution in [0.1, 0.15) is 0 Å². The second-order valence-corrected chi connectivity index (χ2v) is 12.9. The van der Waals surface area contributed by atoms with Crippen LogP contribution < -0.4 is 4.90 Å². The lowest BCUT2D eigenvalue weighted by molar-refractivity contribution is 0.669. The Balaban J connectivity index is 1.26. The summed E-state index contributed by atoms with van der Waals surface area (Å²) in [5.41, 5.74) is 9.88. The summed E-state index contributed by atoms with van der Waals surface area (Å²) in [5, 5.41) is 9.00. The lowest BCUT2D eigenvalue weighted by Crippen LogP contribution is -2.11. The van der Waals surface area contributed by atoms with Gasteiger partial charge < -0.3 is 18.3 Å². The molecule has 0 spiro atoms. The maximum Gasteiger partial charge on any atom is 0.159 e. The van der Waals surface area contributed by atoms with Gasteiger partial charge in [-0.3, -0.25) is 0 Å². The van der Waals surface area contributed by atoms with E-state index in [1.165, 1.54) is 16.3 Å². The Labute approximate surface area is 286 Å². The molecule has 50 heavy (non-hydrogen) atoms. The Bertz CT molecular complexity index is 3110. The zero-order valence-corrected chi connectivity index (χ0v) is 26.9. The summed E-state index contributed by atoms with van der Waals surface area (Å²) < 4.78 is 15.8. The molecule has 0 aliphatic carbocycles. The summed E-state index contributed by atoms with van der Waals surface area (Å²) in [6, 6.07) is 60.0. The first kappa shape index (κ1) is 27.2. The van der Waals surface area contributed by atoms with Crippen LogP contribution in [-0.4, -0.2) is 4.57 Å². The van der Waals surface area contributed by atoms with Gasteiger partial charge in [-0.1, -0.05) is 109 Å². The molecule has 234 valence electrons. The Morgan fingerprint density at radius 1 is 0.400 bits per heavy atom. The largest absolute Gasteiger partial charge is 0.455 e. The summed E-state index contributed by atoms with van der Waals surface area (Å²) >= 11 is 0. The van der Waals surface area contributed by atoms with Gasteiger partial charge in [0, 0.05) is 43.7 Å². The van der Waals surface area contributed by atoms with E-state index in [1.54, 1.807) is 0 Å². The van der Waals surface area contributed by atoms with Crippen LogP contribution in [0.25, 0.3) is 82.1 Å². The van der Waals surface area contributed by atoms with E-state index in [1.807, 2.05) is 12.1 Å². The number of benzene rings is 8. The molecule has 11 rings (SSSR count). The number of nitrogens with zero attached hydrogens (tertiary/aromatic N) is 2. The monoisotopic (exact) mass is 640 g/mol. The van der Waals surface area contributed by atoms with Crippen molar-refractivity contribution in [2.24, 2.45) is 0 Å². The van der Waals surface area contributed by atoms with Crippen molar-refractivity contribution in [2.75, 3.05) is 4.90 Å². The Kier molecular flexibility index (Phi) is 5.63. The number of para-hydroxylation sites is 4. The summed E-state index contributed by atoms with van der Waals surface area (Å²) in [6.07, 6.45) is 0. The zero-order chi connectivity index (χ0) is 32.8. The van der Waals surface area contributed by atoms with Crippen LogP contribution in [0.5, 0.6) is 0 Å². The minimum atomic E-state index is 0.840. The van der Waals surface area contributed by atoms with Crippen LogP contribution in [0.3, 0.4) is 0 Å². The molecule has 0 fully saturated rings. The van der Waals surface area contributed by atoms with E-state index in [0.29, 0.717) is 0 Å². The van der Waals surface area contributed by atoms with Gasteiger partial charge in [0.05, 0.1) is 27.8 Å². The van der Waals surface area contributed by atoms with Crippen LogP contribution in [-0.2, 0) is 0 Å². The van der Waals surface area contributed by atoms with E-state index in [2.05, 4.69) is 167 Å². The molecule has 0 amide bonds. The van der Waals surface area contributed by atoms with E-state index < -0.39 is 0 Å². The lowest BCUT2D eigenvalue weighted by atomic mass is 10.0. The highest BCUT2D eigenvalue weighted by Gasteiger charge is 2.24. The van der Waals surface area contributed by atoms with Gasteiger partial charge in [0.25, 0.3) is 0 Å². The van der Waals surface area contributed by atoms with Crippen molar-refractivity contribution in [3.8, 4) is 5.69 Å². The Morgan fingerprint density at radius 3 is 1.98 bits per heavy atom. The van der Waals surface area contributed by atoms with E-state index in [-0.39, 0.29) is 0 Å². The SMILES string of the molecule is c1ccc(-n2c3ccccc3c3ccc(N(c4cccc5c4oc4ccccc45)c4cccc5oc6c7ccccc7ccc6c45)cc32)cc1. The minimum Gasteiger partial charge on any atom is -0.455 e. The molecule has 0 aliphatic heterocycles. The molecule has 4 nitrogen and oxygen atoms in total. The number of hydrogen-bond acceptors (Lipinski definition) is 3. The van der Waals surface area contributed by atoms with Gasteiger partial charge in [-0.05, 0) is 66.0 Å². The third kappa shape index (κ3) is 3.81. The van der Waals surface area contributed by atoms with Gasteiger partial charge >= 0.3 is 0 Å². The average molecular weight is 641 g/mol. The summed E-state index contributed by atoms with van der Waals surface area (Å²) in [4.78, 5) is 2.35. The summed E-state index contributed by atoms with van der Waals surface area (Å²) in [6.45, 7) is 0. The number of hydrogen-bond donors (Lipinski definition) is 0. The highest BCUT2D eigenvalue weighted by Crippen LogP contribution is 2.48. The first-order valence-corrected chi connectivity index (χ1v) is 16.9. The standard InChI is InChI=1S/C46H28N2O2/c1-2-13-30(14-3-1)47-38-19-8-6-16-33(38)34-27-25-31(28-41(34)47)48(40-21-10-18-36-35-17-7-9-22-42(35)49-46(36)40)39-20-11-23-43-44(39)37-26-24-29-12-4-5-15-32(29)45(37)50-43/h1-28H. The number of aromatic nitrogens is 1. The minimum absolute atomic E-state index is 0.840. The molecule has 3 aromatic heterocycles. The van der Waals surface area contributed by atoms with Crippen molar-refractivity contribution in [2.45, 2.75) is 0 Å². The molecular formula is C46H28N2O2. The molecule has 0 bridgehead atoms. The van der Waals surface area contributed by atoms with Crippen molar-refractivity contribution in [1.82, 2.24) is 4.57 Å². The van der Waals surface area contributed by atoms with E-state index >= 15 is 0 Å². The van der Waals surface area contributed by atoms with Crippen molar-refractivity contribution in [3.63, 3.8) is 0 Å². The molecule has 0 saturated heterocycles. The first-order valence-electron chi connectivity index (χ1n) is 16.9. The number of anilines is 3. The summed E-state index contributed by atoms with van der Waals surface area (Å²) in [5.74, 6) is 0. The molecule has 0 saturated carbocycles. The van der Waals surface area contributed by atoms with Crippen LogP contribution in [0.2, 0.25) is 0 Å². The van der Waals surface area contributed by atoms with Gasteiger partial charge in [0.15, 0.2) is 5.58 Å². The molecule has 0 N–H and O–H groups in total. The zero-order valence-electron chi connectivity index (χ0n) is 26.9. The number of furan rings is 2. The smallest absolute Gasteiger partial charge is 0.159 e. The Morgan fingerprint density at radius 2 is 1.06 bits per heavy atom. The molecule has 4 heteroatoms. The van der Waals surface area contributed by atoms with Crippen molar-refractivity contribution < 1.29 is 8.83 Å². The molecule has 3 heterocycles. The maximum absolute atomic E-state index is 6.70. The molecule has 0 radical (unpaired) electrons. The Hall–Kier alpha value is -6.78. The number of rotatable bonds is 4. The van der Waals surface area contributed by atoms with Crippen LogP contribution >= 0.6 is 0 Å². The normalized spacial score (nSPS) is 12.0.